The number of likely N-dealkylation sites (tertiary alicyclic amines) is 1. The van der Waals surface area contributed by atoms with Crippen LogP contribution in [0.15, 0.2) is 35.6 Å². The fourth-order valence-corrected chi connectivity index (χ4v) is 3.78. The van der Waals surface area contributed by atoms with Crippen LogP contribution in [-0.2, 0) is 11.8 Å². The van der Waals surface area contributed by atoms with Gasteiger partial charge in [0.05, 0.1) is 11.9 Å². The van der Waals surface area contributed by atoms with E-state index in [1.807, 2.05) is 29.2 Å². The molecule has 1 aliphatic rings. The number of hydrogen-bond acceptors (Lipinski definition) is 8. The van der Waals surface area contributed by atoms with E-state index in [0.29, 0.717) is 29.9 Å². The fourth-order valence-electron chi connectivity index (χ4n) is 3.03. The lowest BCUT2D eigenvalue weighted by molar-refractivity contribution is -0.130. The molecule has 140 valence electrons. The van der Waals surface area contributed by atoms with E-state index in [-0.39, 0.29) is 12.0 Å². The Hall–Kier alpha value is -2.75. The van der Waals surface area contributed by atoms with Crippen molar-refractivity contribution in [3.05, 3.63) is 30.5 Å². The van der Waals surface area contributed by atoms with Crippen molar-refractivity contribution in [2.24, 2.45) is 7.05 Å². The van der Waals surface area contributed by atoms with Gasteiger partial charge in [-0.05, 0) is 16.5 Å². The van der Waals surface area contributed by atoms with Crippen LogP contribution in [0.2, 0.25) is 0 Å². The number of benzene rings is 1. The summed E-state index contributed by atoms with van der Waals surface area (Å²) in [5.41, 5.74) is 0. The number of carbonyl (C=O) groups excluding carboxylic acids is 1. The van der Waals surface area contributed by atoms with Gasteiger partial charge in [0.1, 0.15) is 6.10 Å². The molecular weight excluding hydrogens is 366 g/mol. The molecular formula is C17H19N7O2S. The van der Waals surface area contributed by atoms with Crippen molar-refractivity contribution in [1.29, 1.82) is 0 Å². The summed E-state index contributed by atoms with van der Waals surface area (Å²) in [5, 5.41) is 22.0. The highest BCUT2D eigenvalue weighted by Gasteiger charge is 2.25. The zero-order chi connectivity index (χ0) is 18.6. The van der Waals surface area contributed by atoms with Gasteiger partial charge in [0.25, 0.3) is 0 Å². The van der Waals surface area contributed by atoms with E-state index >= 15 is 0 Å². The van der Waals surface area contributed by atoms with Crippen molar-refractivity contribution < 1.29 is 9.53 Å². The first-order valence-corrected chi connectivity index (χ1v) is 9.69. The van der Waals surface area contributed by atoms with Gasteiger partial charge < -0.3 is 9.64 Å². The number of amides is 1. The topological polar surface area (TPSA) is 98.9 Å². The van der Waals surface area contributed by atoms with Gasteiger partial charge in [0, 0.05) is 43.8 Å². The molecule has 10 heteroatoms. The number of tetrazole rings is 1. The van der Waals surface area contributed by atoms with Crippen LogP contribution < -0.4 is 4.74 Å². The van der Waals surface area contributed by atoms with E-state index in [9.17, 15) is 4.79 Å². The third-order valence-corrected chi connectivity index (χ3v) is 5.51. The predicted molar refractivity (Wildman–Crippen MR) is 99.3 cm³/mol. The standard InChI is InChI=1S/C17H19N7O2S/c1-23-17(20-21-22-23)27-11-15(25)24-8-6-13(7-9-24)26-16-14-5-3-2-4-12(14)10-18-19-16/h2-5,10,13H,6-9,11H2,1H3. The molecule has 0 radical (unpaired) electrons. The highest BCUT2D eigenvalue weighted by Crippen LogP contribution is 2.25. The SMILES string of the molecule is Cn1nnnc1SCC(=O)N1CCC(Oc2nncc3ccccc23)CC1. The van der Waals surface area contributed by atoms with E-state index in [0.717, 1.165) is 23.6 Å². The molecule has 0 saturated carbocycles. The Kier molecular flexibility index (Phi) is 5.14. The molecule has 0 aliphatic carbocycles. The molecule has 1 aliphatic heterocycles. The summed E-state index contributed by atoms with van der Waals surface area (Å²) in [7, 11) is 1.76. The molecule has 1 amide bonds. The number of aromatic nitrogens is 6. The molecule has 2 aromatic heterocycles. The lowest BCUT2D eigenvalue weighted by atomic mass is 10.1. The van der Waals surface area contributed by atoms with Gasteiger partial charge in [-0.25, -0.2) is 4.68 Å². The average molecular weight is 385 g/mol. The Labute approximate surface area is 160 Å². The molecule has 1 aromatic carbocycles. The van der Waals surface area contributed by atoms with E-state index < -0.39 is 0 Å². The van der Waals surface area contributed by atoms with Crippen LogP contribution in [0, 0.1) is 0 Å². The molecule has 0 atom stereocenters. The Bertz CT molecular complexity index is 934. The maximum absolute atomic E-state index is 12.4. The van der Waals surface area contributed by atoms with Crippen molar-refractivity contribution >= 4 is 28.4 Å². The van der Waals surface area contributed by atoms with Crippen LogP contribution in [0.1, 0.15) is 12.8 Å². The minimum Gasteiger partial charge on any atom is -0.473 e. The zero-order valence-electron chi connectivity index (χ0n) is 14.9. The monoisotopic (exact) mass is 385 g/mol. The van der Waals surface area contributed by atoms with Crippen molar-refractivity contribution in [2.75, 3.05) is 18.8 Å². The lowest BCUT2D eigenvalue weighted by Crippen LogP contribution is -2.42. The number of nitrogens with zero attached hydrogens (tertiary/aromatic N) is 7. The van der Waals surface area contributed by atoms with E-state index in [1.54, 1.807) is 17.9 Å². The smallest absolute Gasteiger partial charge is 0.241 e. The quantitative estimate of drug-likeness (QED) is 0.606. The number of aryl methyl sites for hydroxylation is 1. The number of hydrogen-bond donors (Lipinski definition) is 0. The van der Waals surface area contributed by atoms with Crippen LogP contribution >= 0.6 is 11.8 Å². The second-order valence-electron chi connectivity index (χ2n) is 6.31. The van der Waals surface area contributed by atoms with Crippen LogP contribution in [0.4, 0.5) is 0 Å². The van der Waals surface area contributed by atoms with E-state index in [4.69, 9.17) is 4.74 Å². The third kappa shape index (κ3) is 4.00. The van der Waals surface area contributed by atoms with Crippen molar-refractivity contribution in [3.63, 3.8) is 0 Å². The van der Waals surface area contributed by atoms with Gasteiger partial charge in [-0.15, -0.1) is 10.2 Å². The third-order valence-electron chi connectivity index (χ3n) is 4.52. The normalized spacial score (nSPS) is 15.2. The molecule has 3 heterocycles. The lowest BCUT2D eigenvalue weighted by Gasteiger charge is -2.32. The van der Waals surface area contributed by atoms with Crippen molar-refractivity contribution in [2.45, 2.75) is 24.1 Å². The Morgan fingerprint density at radius 3 is 2.85 bits per heavy atom. The second-order valence-corrected chi connectivity index (χ2v) is 7.25. The largest absolute Gasteiger partial charge is 0.473 e. The van der Waals surface area contributed by atoms with Gasteiger partial charge >= 0.3 is 0 Å². The Morgan fingerprint density at radius 1 is 1.26 bits per heavy atom. The first-order valence-electron chi connectivity index (χ1n) is 8.71. The molecule has 9 nitrogen and oxygen atoms in total. The highest BCUT2D eigenvalue weighted by atomic mass is 32.2. The van der Waals surface area contributed by atoms with Gasteiger partial charge in [0.15, 0.2) is 0 Å². The second kappa shape index (κ2) is 7.87. The first-order chi connectivity index (χ1) is 13.2. The Morgan fingerprint density at radius 2 is 2.07 bits per heavy atom. The fraction of sp³-hybridized carbons (Fsp3) is 0.412. The zero-order valence-corrected chi connectivity index (χ0v) is 15.7. The summed E-state index contributed by atoms with van der Waals surface area (Å²) in [6.45, 7) is 1.33. The molecule has 1 fully saturated rings. The summed E-state index contributed by atoms with van der Waals surface area (Å²) < 4.78 is 7.64. The van der Waals surface area contributed by atoms with E-state index in [1.165, 1.54) is 11.8 Å². The minimum absolute atomic E-state index is 0.0322. The molecule has 0 unspecified atom stereocenters. The number of ether oxygens (including phenoxy) is 1. The van der Waals surface area contributed by atoms with Crippen molar-refractivity contribution in [3.8, 4) is 5.88 Å². The van der Waals surface area contributed by atoms with Crippen LogP contribution in [0.5, 0.6) is 5.88 Å². The molecule has 0 N–H and O–H groups in total. The first kappa shape index (κ1) is 17.7. The van der Waals surface area contributed by atoms with Gasteiger partial charge in [0.2, 0.25) is 16.9 Å². The molecule has 0 spiro atoms. The summed E-state index contributed by atoms with van der Waals surface area (Å²) in [4.78, 5) is 14.3. The van der Waals surface area contributed by atoms with Crippen LogP contribution in [-0.4, -0.2) is 66.2 Å². The predicted octanol–water partition coefficient (Wildman–Crippen LogP) is 1.32. The minimum atomic E-state index is 0.0322. The summed E-state index contributed by atoms with van der Waals surface area (Å²) in [5.74, 6) is 0.976. The molecule has 1 saturated heterocycles. The summed E-state index contributed by atoms with van der Waals surface area (Å²) >= 11 is 1.35. The maximum atomic E-state index is 12.4. The van der Waals surface area contributed by atoms with E-state index in [2.05, 4.69) is 25.7 Å². The molecule has 4 rings (SSSR count). The molecule has 0 bridgehead atoms. The number of thioether (sulfide) groups is 1. The number of carbonyl (C=O) groups is 1. The molecule has 3 aromatic rings. The van der Waals surface area contributed by atoms with Gasteiger partial charge in [-0.3, -0.25) is 4.79 Å². The van der Waals surface area contributed by atoms with Crippen molar-refractivity contribution in [1.82, 2.24) is 35.3 Å². The maximum Gasteiger partial charge on any atom is 0.241 e. The van der Waals surface area contributed by atoms with Gasteiger partial charge in [-0.1, -0.05) is 30.0 Å². The van der Waals surface area contributed by atoms with Crippen LogP contribution in [0.3, 0.4) is 0 Å². The Balaban J connectivity index is 1.31. The highest BCUT2D eigenvalue weighted by molar-refractivity contribution is 7.99. The van der Waals surface area contributed by atoms with Crippen LogP contribution in [0.25, 0.3) is 10.8 Å². The molecule has 27 heavy (non-hydrogen) atoms. The number of rotatable bonds is 5. The number of fused-ring (bicyclic) bond motifs is 1. The summed E-state index contributed by atoms with van der Waals surface area (Å²) in [6, 6.07) is 7.90. The van der Waals surface area contributed by atoms with Gasteiger partial charge in [-0.2, -0.15) is 5.10 Å². The number of piperidine rings is 1. The average Bonchev–Trinajstić information content (AvgIpc) is 3.12. The summed E-state index contributed by atoms with van der Waals surface area (Å²) in [6.07, 6.45) is 3.30.